The van der Waals surface area contributed by atoms with E-state index >= 15 is 0 Å². The van der Waals surface area contributed by atoms with Gasteiger partial charge in [-0.3, -0.25) is 0 Å². The average molecular weight is 212 g/mol. The summed E-state index contributed by atoms with van der Waals surface area (Å²) in [4.78, 5) is 0. The zero-order valence-electron chi connectivity index (χ0n) is 11.4. The van der Waals surface area contributed by atoms with Gasteiger partial charge < -0.3 is 4.74 Å². The third-order valence-corrected chi connectivity index (χ3v) is 5.35. The molecule has 0 atom stereocenters. The van der Waals surface area contributed by atoms with Crippen molar-refractivity contribution in [3.63, 3.8) is 0 Å². The Balaban J connectivity index is 2.79. The summed E-state index contributed by atoms with van der Waals surface area (Å²) in [6, 6.07) is 0. The van der Waals surface area contributed by atoms with Crippen molar-refractivity contribution < 1.29 is 4.74 Å². The molecule has 0 aliphatic carbocycles. The molecule has 1 heteroatoms. The first-order chi connectivity index (χ1) is 6.80. The van der Waals surface area contributed by atoms with Crippen LogP contribution in [0.25, 0.3) is 0 Å². The quantitative estimate of drug-likeness (QED) is 0.683. The Morgan fingerprint density at radius 2 is 1.47 bits per heavy atom. The molecule has 0 N–H and O–H groups in total. The lowest BCUT2D eigenvalue weighted by atomic mass is 9.55. The minimum Gasteiger partial charge on any atom is -0.381 e. The molecule has 90 valence electrons. The molecule has 1 heterocycles. The van der Waals surface area contributed by atoms with Crippen LogP contribution in [-0.4, -0.2) is 13.2 Å². The lowest BCUT2D eigenvalue weighted by Gasteiger charge is -2.51. The molecule has 0 aromatic heterocycles. The maximum atomic E-state index is 5.47. The summed E-state index contributed by atoms with van der Waals surface area (Å²) in [6.07, 6.45) is 2.48. The minimum absolute atomic E-state index is 0.398. The van der Waals surface area contributed by atoms with Crippen molar-refractivity contribution in [1.29, 1.82) is 0 Å². The highest BCUT2D eigenvalue weighted by Gasteiger charge is 2.44. The summed E-state index contributed by atoms with van der Waals surface area (Å²) in [5.41, 5.74) is 0.806. The Morgan fingerprint density at radius 3 is 1.87 bits per heavy atom. The number of rotatable bonds is 3. The summed E-state index contributed by atoms with van der Waals surface area (Å²) in [7, 11) is 0. The summed E-state index contributed by atoms with van der Waals surface area (Å²) in [6.45, 7) is 16.4. The number of hydrogen-bond donors (Lipinski definition) is 0. The molecular formula is C14H28O. The third-order valence-electron chi connectivity index (χ3n) is 5.35. The lowest BCUT2D eigenvalue weighted by Crippen LogP contribution is -2.44. The van der Waals surface area contributed by atoms with Gasteiger partial charge in [-0.05, 0) is 35.5 Å². The molecule has 0 saturated carbocycles. The number of hydrogen-bond acceptors (Lipinski definition) is 1. The Morgan fingerprint density at radius 1 is 1.00 bits per heavy atom. The molecule has 1 nitrogen and oxygen atoms in total. The molecule has 0 aromatic rings. The van der Waals surface area contributed by atoms with Crippen molar-refractivity contribution in [3.05, 3.63) is 0 Å². The molecule has 0 aromatic carbocycles. The number of ether oxygens (including phenoxy) is 1. The van der Waals surface area contributed by atoms with E-state index in [2.05, 4.69) is 41.5 Å². The van der Waals surface area contributed by atoms with E-state index in [1.54, 1.807) is 0 Å². The van der Waals surface area contributed by atoms with Gasteiger partial charge in [-0.15, -0.1) is 0 Å². The molecule has 1 rings (SSSR count). The zero-order chi connectivity index (χ0) is 11.7. The van der Waals surface area contributed by atoms with E-state index in [-0.39, 0.29) is 0 Å². The molecule has 0 unspecified atom stereocenters. The van der Waals surface area contributed by atoms with Gasteiger partial charge in [0.15, 0.2) is 0 Å². The van der Waals surface area contributed by atoms with Crippen LogP contribution in [0.4, 0.5) is 0 Å². The van der Waals surface area contributed by atoms with Crippen molar-refractivity contribution >= 4 is 0 Å². The van der Waals surface area contributed by atoms with Crippen molar-refractivity contribution in [2.45, 2.75) is 54.4 Å². The summed E-state index contributed by atoms with van der Waals surface area (Å²) >= 11 is 0. The molecule has 1 aliphatic heterocycles. The second-order valence-electron chi connectivity index (χ2n) is 6.48. The van der Waals surface area contributed by atoms with Gasteiger partial charge in [0, 0.05) is 13.2 Å². The Bertz CT molecular complexity index is 197. The van der Waals surface area contributed by atoms with Gasteiger partial charge in [0.05, 0.1) is 0 Å². The van der Waals surface area contributed by atoms with Crippen LogP contribution in [0.5, 0.6) is 0 Å². The fraction of sp³-hybridized carbons (Fsp3) is 1.00. The SMILES string of the molecule is CC(C)C(C)(C)C(C)(C)C1CCOCC1. The topological polar surface area (TPSA) is 9.23 Å². The lowest BCUT2D eigenvalue weighted by molar-refractivity contribution is -0.0517. The van der Waals surface area contributed by atoms with Crippen molar-refractivity contribution in [3.8, 4) is 0 Å². The van der Waals surface area contributed by atoms with Crippen LogP contribution in [0, 0.1) is 22.7 Å². The molecule has 1 aliphatic rings. The third kappa shape index (κ3) is 2.38. The first kappa shape index (κ1) is 13.0. The average Bonchev–Trinajstić information content (AvgIpc) is 2.18. The van der Waals surface area contributed by atoms with Gasteiger partial charge in [-0.1, -0.05) is 41.5 Å². The maximum Gasteiger partial charge on any atom is 0.0468 e. The van der Waals surface area contributed by atoms with Gasteiger partial charge in [-0.2, -0.15) is 0 Å². The van der Waals surface area contributed by atoms with Gasteiger partial charge >= 0.3 is 0 Å². The highest BCUT2D eigenvalue weighted by molar-refractivity contribution is 4.93. The van der Waals surface area contributed by atoms with Crippen LogP contribution in [0.15, 0.2) is 0 Å². The predicted molar refractivity (Wildman–Crippen MR) is 65.9 cm³/mol. The molecule has 0 spiro atoms. The van der Waals surface area contributed by atoms with Crippen LogP contribution in [0.3, 0.4) is 0 Å². The van der Waals surface area contributed by atoms with Gasteiger partial charge in [0.2, 0.25) is 0 Å². The highest BCUT2D eigenvalue weighted by Crippen LogP contribution is 2.51. The van der Waals surface area contributed by atoms with E-state index < -0.39 is 0 Å². The molecule has 0 bridgehead atoms. The molecule has 0 amide bonds. The summed E-state index contributed by atoms with van der Waals surface area (Å²) in [5, 5.41) is 0. The molecular weight excluding hydrogens is 184 g/mol. The molecule has 0 radical (unpaired) electrons. The monoisotopic (exact) mass is 212 g/mol. The van der Waals surface area contributed by atoms with E-state index in [1.165, 1.54) is 12.8 Å². The van der Waals surface area contributed by atoms with Crippen LogP contribution < -0.4 is 0 Å². The molecule has 1 saturated heterocycles. The van der Waals surface area contributed by atoms with Crippen LogP contribution in [-0.2, 0) is 4.74 Å². The second kappa shape index (κ2) is 4.45. The highest BCUT2D eigenvalue weighted by atomic mass is 16.5. The summed E-state index contributed by atoms with van der Waals surface area (Å²) in [5.74, 6) is 1.55. The molecule has 15 heavy (non-hydrogen) atoms. The van der Waals surface area contributed by atoms with Crippen molar-refractivity contribution in [2.24, 2.45) is 22.7 Å². The predicted octanol–water partition coefficient (Wildman–Crippen LogP) is 4.12. The van der Waals surface area contributed by atoms with Crippen molar-refractivity contribution in [1.82, 2.24) is 0 Å². The van der Waals surface area contributed by atoms with E-state index in [1.807, 2.05) is 0 Å². The van der Waals surface area contributed by atoms with Crippen LogP contribution in [0.2, 0.25) is 0 Å². The van der Waals surface area contributed by atoms with E-state index in [0.29, 0.717) is 10.8 Å². The fourth-order valence-corrected chi connectivity index (χ4v) is 2.69. The normalized spacial score (nSPS) is 21.0. The van der Waals surface area contributed by atoms with Crippen LogP contribution >= 0.6 is 0 Å². The Labute approximate surface area is 95.6 Å². The van der Waals surface area contributed by atoms with Crippen LogP contribution in [0.1, 0.15) is 54.4 Å². The second-order valence-corrected chi connectivity index (χ2v) is 6.48. The van der Waals surface area contributed by atoms with Gasteiger partial charge in [0.25, 0.3) is 0 Å². The first-order valence-electron chi connectivity index (χ1n) is 6.38. The largest absolute Gasteiger partial charge is 0.381 e. The zero-order valence-corrected chi connectivity index (χ0v) is 11.4. The maximum absolute atomic E-state index is 5.47. The van der Waals surface area contributed by atoms with E-state index in [4.69, 9.17) is 4.74 Å². The Kier molecular flexibility index (Phi) is 3.86. The van der Waals surface area contributed by atoms with Gasteiger partial charge in [-0.25, -0.2) is 0 Å². The Hall–Kier alpha value is -0.0400. The standard InChI is InChI=1S/C14H28O/c1-11(2)13(3,4)14(5,6)12-7-9-15-10-8-12/h11-12H,7-10H2,1-6H3. The first-order valence-corrected chi connectivity index (χ1v) is 6.38. The molecule has 1 fully saturated rings. The fourth-order valence-electron chi connectivity index (χ4n) is 2.69. The van der Waals surface area contributed by atoms with E-state index in [9.17, 15) is 0 Å². The summed E-state index contributed by atoms with van der Waals surface area (Å²) < 4.78 is 5.47. The van der Waals surface area contributed by atoms with Gasteiger partial charge in [0.1, 0.15) is 0 Å². The minimum atomic E-state index is 0.398. The smallest absolute Gasteiger partial charge is 0.0468 e. The van der Waals surface area contributed by atoms with E-state index in [0.717, 1.165) is 25.0 Å². The van der Waals surface area contributed by atoms with Crippen molar-refractivity contribution in [2.75, 3.05) is 13.2 Å².